The first-order valence-electron chi connectivity index (χ1n) is 36.4. The summed E-state index contributed by atoms with van der Waals surface area (Å²) in [6, 6.07) is -0.541. The van der Waals surface area contributed by atoms with Gasteiger partial charge in [0.2, 0.25) is 5.91 Å². The van der Waals surface area contributed by atoms with Crippen LogP contribution in [0.2, 0.25) is 0 Å². The number of allylic oxidation sites excluding steroid dienone is 2. The van der Waals surface area contributed by atoms with Crippen LogP contribution in [0.15, 0.2) is 12.2 Å². The summed E-state index contributed by atoms with van der Waals surface area (Å²) < 4.78 is 5.51. The molecule has 3 N–H and O–H groups in total. The fourth-order valence-electron chi connectivity index (χ4n) is 11.8. The van der Waals surface area contributed by atoms with Crippen molar-refractivity contribution in [3.63, 3.8) is 0 Å². The van der Waals surface area contributed by atoms with Gasteiger partial charge in [0.1, 0.15) is 0 Å². The first-order chi connectivity index (χ1) is 39.0. The zero-order valence-corrected chi connectivity index (χ0v) is 53.9. The van der Waals surface area contributed by atoms with Crippen molar-refractivity contribution >= 4 is 11.9 Å². The van der Waals surface area contributed by atoms with Gasteiger partial charge in [-0.05, 0) is 51.4 Å². The van der Waals surface area contributed by atoms with E-state index in [4.69, 9.17) is 4.74 Å². The molecule has 470 valence electrons. The first-order valence-corrected chi connectivity index (χ1v) is 36.4. The first kappa shape index (κ1) is 77.6. The Bertz CT molecular complexity index is 1190. The minimum Gasteiger partial charge on any atom is -0.466 e. The van der Waals surface area contributed by atoms with Crippen LogP contribution in [0.4, 0.5) is 0 Å². The van der Waals surface area contributed by atoms with Gasteiger partial charge in [0.15, 0.2) is 0 Å². The Morgan fingerprint density at radius 1 is 0.342 bits per heavy atom. The largest absolute Gasteiger partial charge is 0.466 e. The van der Waals surface area contributed by atoms with Crippen LogP contribution in [0.3, 0.4) is 0 Å². The van der Waals surface area contributed by atoms with Crippen LogP contribution < -0.4 is 5.32 Å². The highest BCUT2D eigenvalue weighted by Gasteiger charge is 2.20. The van der Waals surface area contributed by atoms with Gasteiger partial charge < -0.3 is 20.3 Å². The van der Waals surface area contributed by atoms with Gasteiger partial charge in [-0.15, -0.1) is 0 Å². The summed E-state index contributed by atoms with van der Waals surface area (Å²) >= 11 is 0. The number of unbranched alkanes of at least 4 members (excludes halogenated alkanes) is 56. The molecule has 0 radical (unpaired) electrons. The van der Waals surface area contributed by atoms with E-state index in [2.05, 4.69) is 31.3 Å². The van der Waals surface area contributed by atoms with Crippen molar-refractivity contribution in [3.8, 4) is 0 Å². The molecule has 2 atom stereocenters. The van der Waals surface area contributed by atoms with Crippen molar-refractivity contribution in [3.05, 3.63) is 12.2 Å². The number of rotatable bonds is 69. The second-order valence-corrected chi connectivity index (χ2v) is 25.3. The van der Waals surface area contributed by atoms with E-state index >= 15 is 0 Å². The van der Waals surface area contributed by atoms with Gasteiger partial charge in [0.25, 0.3) is 0 Å². The third kappa shape index (κ3) is 65.6. The van der Waals surface area contributed by atoms with Crippen molar-refractivity contribution in [2.45, 2.75) is 431 Å². The van der Waals surface area contributed by atoms with E-state index < -0.39 is 12.1 Å². The van der Waals surface area contributed by atoms with Crippen LogP contribution in [0.1, 0.15) is 418 Å². The number of aliphatic hydroxyl groups is 2. The van der Waals surface area contributed by atoms with Crippen LogP contribution in [0, 0.1) is 0 Å². The lowest BCUT2D eigenvalue weighted by Gasteiger charge is -2.22. The number of hydrogen-bond acceptors (Lipinski definition) is 5. The molecule has 0 aromatic carbocycles. The summed E-state index contributed by atoms with van der Waals surface area (Å²) in [6.45, 7) is 5.00. The molecule has 1 amide bonds. The molecule has 0 aromatic heterocycles. The van der Waals surface area contributed by atoms with Crippen molar-refractivity contribution < 1.29 is 24.5 Å². The average molecular weight is 1110 g/mol. The Morgan fingerprint density at radius 3 is 0.899 bits per heavy atom. The van der Waals surface area contributed by atoms with E-state index in [-0.39, 0.29) is 18.5 Å². The maximum absolute atomic E-state index is 12.5. The SMILES string of the molecule is CCCCCCCC/C=C\CCCCCCCCCCCC(=O)OCCCCCCCCCCCCCCCCCCCCCCCCCC(=O)NC(CO)C(O)CCCCCCCCCCCCCCCCCCCCCC. The highest BCUT2D eigenvalue weighted by atomic mass is 16.5. The van der Waals surface area contributed by atoms with Crippen molar-refractivity contribution in [1.29, 1.82) is 0 Å². The molecule has 0 saturated heterocycles. The summed E-state index contributed by atoms with van der Waals surface area (Å²) in [7, 11) is 0. The lowest BCUT2D eigenvalue weighted by atomic mass is 10.0. The molecule has 0 aliphatic rings. The van der Waals surface area contributed by atoms with E-state index in [1.54, 1.807) is 0 Å². The molecule has 0 fully saturated rings. The molecule has 2 unspecified atom stereocenters. The smallest absolute Gasteiger partial charge is 0.305 e. The number of aliphatic hydroxyl groups excluding tert-OH is 2. The second kappa shape index (κ2) is 69.1. The summed E-state index contributed by atoms with van der Waals surface area (Å²) in [4.78, 5) is 24.7. The lowest BCUT2D eigenvalue weighted by molar-refractivity contribution is -0.143. The van der Waals surface area contributed by atoms with Crippen LogP contribution >= 0.6 is 0 Å². The Kier molecular flexibility index (Phi) is 67.9. The van der Waals surface area contributed by atoms with Gasteiger partial charge in [-0.3, -0.25) is 9.59 Å². The predicted octanol–water partition coefficient (Wildman–Crippen LogP) is 23.5. The Labute approximate surface area is 495 Å². The summed E-state index contributed by atoms with van der Waals surface area (Å²) in [5, 5.41) is 23.4. The maximum atomic E-state index is 12.5. The van der Waals surface area contributed by atoms with E-state index in [0.717, 1.165) is 38.5 Å². The van der Waals surface area contributed by atoms with E-state index in [1.807, 2.05) is 0 Å². The van der Waals surface area contributed by atoms with Crippen LogP contribution in [0.5, 0.6) is 0 Å². The van der Waals surface area contributed by atoms with Crippen molar-refractivity contribution in [2.24, 2.45) is 0 Å². The number of hydrogen-bond donors (Lipinski definition) is 3. The molecule has 0 aliphatic heterocycles. The molecule has 0 bridgehead atoms. The number of carbonyl (C=O) groups is 2. The van der Waals surface area contributed by atoms with Gasteiger partial charge >= 0.3 is 5.97 Å². The Balaban J connectivity index is 3.35. The molecule has 0 saturated carbocycles. The zero-order valence-electron chi connectivity index (χ0n) is 53.9. The quantitative estimate of drug-likeness (QED) is 0.0320. The number of nitrogens with one attached hydrogen (secondary N) is 1. The third-order valence-corrected chi connectivity index (χ3v) is 17.3. The number of ether oxygens (including phenoxy) is 1. The number of carbonyl (C=O) groups excluding carboxylic acids is 2. The summed E-state index contributed by atoms with van der Waals surface area (Å²) in [5.41, 5.74) is 0. The van der Waals surface area contributed by atoms with Gasteiger partial charge in [0, 0.05) is 12.8 Å². The molecule has 6 heteroatoms. The minimum atomic E-state index is -0.664. The maximum Gasteiger partial charge on any atom is 0.305 e. The molecule has 79 heavy (non-hydrogen) atoms. The number of amides is 1. The summed E-state index contributed by atoms with van der Waals surface area (Å²) in [5.74, 6) is -0.0141. The third-order valence-electron chi connectivity index (χ3n) is 17.3. The van der Waals surface area contributed by atoms with Gasteiger partial charge in [0.05, 0.1) is 25.4 Å². The molecule has 0 spiro atoms. The predicted molar refractivity (Wildman–Crippen MR) is 347 cm³/mol. The Morgan fingerprint density at radius 2 is 0.595 bits per heavy atom. The topological polar surface area (TPSA) is 95.9 Å². The van der Waals surface area contributed by atoms with E-state index in [0.29, 0.717) is 25.9 Å². The number of esters is 1. The summed E-state index contributed by atoms with van der Waals surface area (Å²) in [6.07, 6.45) is 85.5. The normalized spacial score (nSPS) is 12.5. The highest BCUT2D eigenvalue weighted by molar-refractivity contribution is 5.76. The van der Waals surface area contributed by atoms with Crippen LogP contribution in [0.25, 0.3) is 0 Å². The average Bonchev–Trinajstić information content (AvgIpc) is 3.45. The molecule has 6 nitrogen and oxygen atoms in total. The second-order valence-electron chi connectivity index (χ2n) is 25.3. The molecule has 0 aliphatic carbocycles. The van der Waals surface area contributed by atoms with Crippen LogP contribution in [-0.2, 0) is 14.3 Å². The van der Waals surface area contributed by atoms with Crippen molar-refractivity contribution in [2.75, 3.05) is 13.2 Å². The molecule has 0 aromatic rings. The van der Waals surface area contributed by atoms with Gasteiger partial charge in [-0.25, -0.2) is 0 Å². The fourth-order valence-corrected chi connectivity index (χ4v) is 11.8. The lowest BCUT2D eigenvalue weighted by Crippen LogP contribution is -2.45. The monoisotopic (exact) mass is 1110 g/mol. The fraction of sp³-hybridized carbons (Fsp3) is 0.945. The standard InChI is InChI=1S/C73H143NO5/c1-3-5-7-9-11-13-15-17-19-21-23-30-33-37-41-45-49-53-57-61-65-71(76)70(69-75)74-72(77)66-62-58-54-50-46-42-38-34-31-27-25-24-26-28-32-36-40-44-48-52-56-60-64-68-79-73(78)67-63-59-55-51-47-43-39-35-29-22-20-18-16-14-12-10-8-6-4-2/h18,20,70-71,75-76H,3-17,19,21-69H2,1-2H3,(H,74,77)/b20-18-. The Hall–Kier alpha value is -1.40. The molecular weight excluding hydrogens is 971 g/mol. The van der Waals surface area contributed by atoms with Crippen molar-refractivity contribution in [1.82, 2.24) is 5.32 Å². The van der Waals surface area contributed by atoms with Gasteiger partial charge in [-0.2, -0.15) is 0 Å². The van der Waals surface area contributed by atoms with E-state index in [9.17, 15) is 19.8 Å². The molecule has 0 rings (SSSR count). The zero-order chi connectivity index (χ0) is 57.1. The van der Waals surface area contributed by atoms with Crippen LogP contribution in [-0.4, -0.2) is 47.4 Å². The minimum absolute atomic E-state index is 0.0154. The van der Waals surface area contributed by atoms with Gasteiger partial charge in [-0.1, -0.05) is 366 Å². The van der Waals surface area contributed by atoms with E-state index in [1.165, 1.54) is 347 Å². The molecular formula is C73H143NO5. The molecule has 0 heterocycles. The highest BCUT2D eigenvalue weighted by Crippen LogP contribution is 2.19.